The van der Waals surface area contributed by atoms with Gasteiger partial charge in [-0.1, -0.05) is 65.0 Å². The lowest BCUT2D eigenvalue weighted by atomic mass is 9.71. The second-order valence-corrected chi connectivity index (χ2v) is 7.03. The molecule has 0 aliphatic heterocycles. The zero-order valence-electron chi connectivity index (χ0n) is 13.9. The average Bonchev–Trinajstić information content (AvgIpc) is 2.47. The van der Waals surface area contributed by atoms with E-state index in [1.165, 1.54) is 16.7 Å². The van der Waals surface area contributed by atoms with Gasteiger partial charge in [0.2, 0.25) is 0 Å². The van der Waals surface area contributed by atoms with Crippen molar-refractivity contribution >= 4 is 0 Å². The molecule has 1 nitrogen and oxygen atoms in total. The molecule has 0 saturated carbocycles. The van der Waals surface area contributed by atoms with Crippen molar-refractivity contribution < 1.29 is 0 Å². The van der Waals surface area contributed by atoms with Gasteiger partial charge in [0.15, 0.2) is 0 Å². The summed E-state index contributed by atoms with van der Waals surface area (Å²) in [4.78, 5) is 4.27. The molecule has 1 heteroatoms. The minimum Gasteiger partial charge on any atom is -0.264 e. The molecule has 0 amide bonds. The third kappa shape index (κ3) is 3.72. The van der Waals surface area contributed by atoms with Crippen molar-refractivity contribution in [2.75, 3.05) is 0 Å². The van der Waals surface area contributed by atoms with Gasteiger partial charge in [-0.2, -0.15) is 0 Å². The quantitative estimate of drug-likeness (QED) is 0.718. The highest BCUT2D eigenvalue weighted by Gasteiger charge is 2.29. The predicted molar refractivity (Wildman–Crippen MR) is 90.7 cm³/mol. The summed E-state index contributed by atoms with van der Waals surface area (Å²) in [6.07, 6.45) is 4.97. The number of benzene rings is 1. The van der Waals surface area contributed by atoms with E-state index in [4.69, 9.17) is 0 Å². The molecule has 1 aromatic heterocycles. The van der Waals surface area contributed by atoms with Crippen LogP contribution in [0, 0.1) is 5.92 Å². The van der Waals surface area contributed by atoms with Crippen LogP contribution >= 0.6 is 0 Å². The summed E-state index contributed by atoms with van der Waals surface area (Å²) in [5, 5.41) is 0. The summed E-state index contributed by atoms with van der Waals surface area (Å²) in [6, 6.07) is 13.3. The minimum absolute atomic E-state index is 0.0933. The topological polar surface area (TPSA) is 12.9 Å². The average molecular weight is 281 g/mol. The van der Waals surface area contributed by atoms with Gasteiger partial charge in [-0.15, -0.1) is 0 Å². The maximum absolute atomic E-state index is 4.27. The fraction of sp³-hybridized carbons (Fsp3) is 0.450. The van der Waals surface area contributed by atoms with Crippen molar-refractivity contribution in [2.45, 2.75) is 52.4 Å². The van der Waals surface area contributed by atoms with Crippen molar-refractivity contribution in [2.24, 2.45) is 5.92 Å². The summed E-state index contributed by atoms with van der Waals surface area (Å²) in [5.74, 6) is 1.12. The van der Waals surface area contributed by atoms with E-state index in [-0.39, 0.29) is 5.41 Å². The molecule has 0 aliphatic rings. The van der Waals surface area contributed by atoms with E-state index in [1.54, 1.807) is 0 Å². The molecule has 0 N–H and O–H groups in total. The van der Waals surface area contributed by atoms with Crippen molar-refractivity contribution in [3.63, 3.8) is 0 Å². The number of hydrogen-bond acceptors (Lipinski definition) is 1. The molecule has 2 aromatic rings. The smallest absolute Gasteiger partial charge is 0.0302 e. The third-order valence-electron chi connectivity index (χ3n) is 4.58. The van der Waals surface area contributed by atoms with Crippen LogP contribution in [-0.4, -0.2) is 4.98 Å². The van der Waals surface area contributed by atoms with Crippen LogP contribution in [0.3, 0.4) is 0 Å². The highest BCUT2D eigenvalue weighted by atomic mass is 14.6. The fourth-order valence-corrected chi connectivity index (χ4v) is 2.87. The van der Waals surface area contributed by atoms with Crippen LogP contribution in [0.15, 0.2) is 48.8 Å². The van der Waals surface area contributed by atoms with Crippen LogP contribution in [0.1, 0.15) is 57.2 Å². The molecule has 2 rings (SSSR count). The van der Waals surface area contributed by atoms with Crippen LogP contribution in [0.4, 0.5) is 0 Å². The zero-order valence-corrected chi connectivity index (χ0v) is 13.9. The molecule has 21 heavy (non-hydrogen) atoms. The van der Waals surface area contributed by atoms with Gasteiger partial charge < -0.3 is 0 Å². The third-order valence-corrected chi connectivity index (χ3v) is 4.58. The van der Waals surface area contributed by atoms with Gasteiger partial charge in [0.25, 0.3) is 0 Å². The fourth-order valence-electron chi connectivity index (χ4n) is 2.87. The first kappa shape index (κ1) is 15.8. The van der Waals surface area contributed by atoms with Crippen molar-refractivity contribution in [3.8, 4) is 0 Å². The van der Waals surface area contributed by atoms with E-state index < -0.39 is 0 Å². The van der Waals surface area contributed by atoms with Gasteiger partial charge >= 0.3 is 0 Å². The number of aromatic nitrogens is 1. The highest BCUT2D eigenvalue weighted by Crippen LogP contribution is 2.38. The van der Waals surface area contributed by atoms with Crippen LogP contribution < -0.4 is 0 Å². The first-order valence-electron chi connectivity index (χ1n) is 7.90. The second-order valence-electron chi connectivity index (χ2n) is 7.03. The molecule has 1 aromatic carbocycles. The Morgan fingerprint density at radius 1 is 1.05 bits per heavy atom. The molecule has 0 fully saturated rings. The SMILES string of the molecule is CC(C)Cc1cccc(C(C)(C)C(C)c2cccnc2)c1. The van der Waals surface area contributed by atoms with Crippen LogP contribution in [-0.2, 0) is 11.8 Å². The van der Waals surface area contributed by atoms with Gasteiger partial charge in [0.05, 0.1) is 0 Å². The highest BCUT2D eigenvalue weighted by molar-refractivity contribution is 5.34. The minimum atomic E-state index is 0.0933. The van der Waals surface area contributed by atoms with E-state index in [2.05, 4.69) is 69.9 Å². The lowest BCUT2D eigenvalue weighted by molar-refractivity contribution is 0.435. The summed E-state index contributed by atoms with van der Waals surface area (Å²) in [7, 11) is 0. The van der Waals surface area contributed by atoms with Crippen LogP contribution in [0.25, 0.3) is 0 Å². The first-order chi connectivity index (χ1) is 9.91. The molecule has 0 aliphatic carbocycles. The van der Waals surface area contributed by atoms with Gasteiger partial charge in [0, 0.05) is 12.4 Å². The van der Waals surface area contributed by atoms with E-state index in [9.17, 15) is 0 Å². The van der Waals surface area contributed by atoms with E-state index in [1.807, 2.05) is 18.5 Å². The Morgan fingerprint density at radius 2 is 1.81 bits per heavy atom. The van der Waals surface area contributed by atoms with Crippen molar-refractivity contribution in [1.82, 2.24) is 4.98 Å². The lowest BCUT2D eigenvalue weighted by Crippen LogP contribution is -2.25. The summed E-state index contributed by atoms with van der Waals surface area (Å²) in [6.45, 7) is 11.5. The molecule has 0 saturated heterocycles. The summed E-state index contributed by atoms with van der Waals surface area (Å²) >= 11 is 0. The second kappa shape index (κ2) is 6.43. The van der Waals surface area contributed by atoms with Crippen molar-refractivity contribution in [3.05, 3.63) is 65.5 Å². The van der Waals surface area contributed by atoms with E-state index >= 15 is 0 Å². The summed E-state index contributed by atoms with van der Waals surface area (Å²) in [5.41, 5.74) is 4.25. The van der Waals surface area contributed by atoms with Crippen molar-refractivity contribution in [1.29, 1.82) is 0 Å². The van der Waals surface area contributed by atoms with E-state index in [0.717, 1.165) is 6.42 Å². The van der Waals surface area contributed by atoms with Crippen LogP contribution in [0.2, 0.25) is 0 Å². The predicted octanol–water partition coefficient (Wildman–Crippen LogP) is 5.36. The van der Waals surface area contributed by atoms with Gasteiger partial charge in [-0.3, -0.25) is 4.98 Å². The van der Waals surface area contributed by atoms with Gasteiger partial charge in [0.1, 0.15) is 0 Å². The van der Waals surface area contributed by atoms with Gasteiger partial charge in [-0.25, -0.2) is 0 Å². The number of nitrogens with zero attached hydrogens (tertiary/aromatic N) is 1. The molecular formula is C20H27N. The standard InChI is InChI=1S/C20H27N/c1-15(2)12-17-8-6-10-19(13-17)20(4,5)16(3)18-9-7-11-21-14-18/h6-11,13-16H,12H2,1-5H3. The lowest BCUT2D eigenvalue weighted by Gasteiger charge is -2.33. The molecule has 1 unspecified atom stereocenters. The maximum Gasteiger partial charge on any atom is 0.0302 e. The largest absolute Gasteiger partial charge is 0.264 e. The first-order valence-corrected chi connectivity index (χ1v) is 7.90. The maximum atomic E-state index is 4.27. The molecule has 112 valence electrons. The Bertz CT molecular complexity index is 569. The normalized spacial score (nSPS) is 13.4. The molecule has 0 spiro atoms. The Morgan fingerprint density at radius 3 is 2.43 bits per heavy atom. The Kier molecular flexibility index (Phi) is 4.82. The molecule has 0 bridgehead atoms. The number of rotatable bonds is 5. The Labute approximate surface area is 129 Å². The molecule has 1 atom stereocenters. The molecular weight excluding hydrogens is 254 g/mol. The number of pyridine rings is 1. The molecule has 0 radical (unpaired) electrons. The zero-order chi connectivity index (χ0) is 15.5. The van der Waals surface area contributed by atoms with Gasteiger partial charge in [-0.05, 0) is 46.4 Å². The summed E-state index contributed by atoms with van der Waals surface area (Å²) < 4.78 is 0. The van der Waals surface area contributed by atoms with E-state index in [0.29, 0.717) is 11.8 Å². The Balaban J connectivity index is 2.30. The number of hydrogen-bond donors (Lipinski definition) is 0. The molecule has 1 heterocycles. The Hall–Kier alpha value is -1.63. The monoisotopic (exact) mass is 281 g/mol. The van der Waals surface area contributed by atoms with Crippen LogP contribution in [0.5, 0.6) is 0 Å².